The monoisotopic (exact) mass is 340 g/mol. The van der Waals surface area contributed by atoms with Gasteiger partial charge in [0.25, 0.3) is 0 Å². The normalized spacial score (nSPS) is 18.8. The molecule has 1 aromatic rings. The van der Waals surface area contributed by atoms with E-state index in [2.05, 4.69) is 36.4 Å². The molecule has 1 aliphatic heterocycles. The van der Waals surface area contributed by atoms with Gasteiger partial charge < -0.3 is 20.3 Å². The number of carbonyl (C=O) groups is 1. The lowest BCUT2D eigenvalue weighted by molar-refractivity contribution is 0.122. The molecule has 1 saturated carbocycles. The van der Waals surface area contributed by atoms with Crippen LogP contribution < -0.4 is 15.5 Å². The van der Waals surface area contributed by atoms with Crippen LogP contribution in [0.4, 0.5) is 16.3 Å². The second-order valence-electron chi connectivity index (χ2n) is 5.00. The number of aromatic nitrogens is 1. The second-order valence-corrected chi connectivity index (χ2v) is 5.86. The van der Waals surface area contributed by atoms with Crippen molar-refractivity contribution in [2.75, 3.05) is 36.5 Å². The summed E-state index contributed by atoms with van der Waals surface area (Å²) in [5, 5.41) is 5.68. The number of nitrogens with zero attached hydrogens (tertiary/aromatic N) is 2. The number of amides is 2. The molecular formula is C13H17BrN4O2. The van der Waals surface area contributed by atoms with Crippen LogP contribution in [0.5, 0.6) is 0 Å². The number of urea groups is 1. The van der Waals surface area contributed by atoms with Crippen molar-refractivity contribution in [2.45, 2.75) is 18.9 Å². The van der Waals surface area contributed by atoms with Crippen LogP contribution in [0.15, 0.2) is 16.7 Å². The van der Waals surface area contributed by atoms with E-state index in [0.717, 1.165) is 49.4 Å². The molecule has 0 spiro atoms. The van der Waals surface area contributed by atoms with E-state index in [1.807, 2.05) is 6.07 Å². The van der Waals surface area contributed by atoms with Gasteiger partial charge >= 0.3 is 6.03 Å². The summed E-state index contributed by atoms with van der Waals surface area (Å²) >= 11 is 3.52. The molecule has 1 saturated heterocycles. The van der Waals surface area contributed by atoms with Crippen LogP contribution in [0.2, 0.25) is 0 Å². The molecule has 108 valence electrons. The summed E-state index contributed by atoms with van der Waals surface area (Å²) in [6.45, 7) is 3.11. The first-order chi connectivity index (χ1) is 9.72. The van der Waals surface area contributed by atoms with E-state index in [9.17, 15) is 4.79 Å². The molecule has 0 radical (unpaired) electrons. The minimum absolute atomic E-state index is 0.166. The molecule has 7 heteroatoms. The third-order valence-electron chi connectivity index (χ3n) is 3.30. The minimum atomic E-state index is -0.166. The van der Waals surface area contributed by atoms with Crippen molar-refractivity contribution < 1.29 is 9.53 Å². The highest BCUT2D eigenvalue weighted by Crippen LogP contribution is 2.27. The Hall–Kier alpha value is -1.34. The Morgan fingerprint density at radius 1 is 1.40 bits per heavy atom. The predicted molar refractivity (Wildman–Crippen MR) is 80.1 cm³/mol. The van der Waals surface area contributed by atoms with Crippen LogP contribution in [0.3, 0.4) is 0 Å². The number of nitrogens with one attached hydrogen (secondary N) is 2. The van der Waals surface area contributed by atoms with Crippen LogP contribution in [-0.2, 0) is 4.74 Å². The van der Waals surface area contributed by atoms with Crippen LogP contribution in [0.1, 0.15) is 12.8 Å². The standard InChI is InChI=1S/C13H17BrN4O2/c14-11-7-10(17-13(19)16-9-1-2-9)8-15-12(11)18-3-5-20-6-4-18/h7-9H,1-6H2,(H2,16,17,19). The predicted octanol–water partition coefficient (Wildman–Crippen LogP) is 1.96. The fraction of sp³-hybridized carbons (Fsp3) is 0.538. The third-order valence-corrected chi connectivity index (χ3v) is 3.89. The number of hydrogen-bond acceptors (Lipinski definition) is 4. The van der Waals surface area contributed by atoms with E-state index in [1.54, 1.807) is 6.20 Å². The van der Waals surface area contributed by atoms with Gasteiger partial charge in [0, 0.05) is 19.1 Å². The molecular weight excluding hydrogens is 324 g/mol. The summed E-state index contributed by atoms with van der Waals surface area (Å²) in [5.41, 5.74) is 0.687. The van der Waals surface area contributed by atoms with E-state index in [0.29, 0.717) is 11.7 Å². The average molecular weight is 341 g/mol. The van der Waals surface area contributed by atoms with Gasteiger partial charge in [-0.15, -0.1) is 0 Å². The zero-order valence-corrected chi connectivity index (χ0v) is 12.6. The Morgan fingerprint density at radius 2 is 2.15 bits per heavy atom. The Kier molecular flexibility index (Phi) is 4.07. The van der Waals surface area contributed by atoms with Gasteiger partial charge in [-0.1, -0.05) is 0 Å². The molecule has 0 unspecified atom stereocenters. The third kappa shape index (κ3) is 3.40. The Morgan fingerprint density at radius 3 is 2.80 bits per heavy atom. The van der Waals surface area contributed by atoms with Crippen LogP contribution in [-0.4, -0.2) is 43.4 Å². The minimum Gasteiger partial charge on any atom is -0.378 e. The summed E-state index contributed by atoms with van der Waals surface area (Å²) in [6, 6.07) is 2.06. The van der Waals surface area contributed by atoms with Gasteiger partial charge in [0.05, 0.1) is 29.6 Å². The fourth-order valence-electron chi connectivity index (χ4n) is 2.09. The molecule has 1 aliphatic carbocycles. The van der Waals surface area contributed by atoms with Gasteiger partial charge in [0.2, 0.25) is 0 Å². The summed E-state index contributed by atoms with van der Waals surface area (Å²) < 4.78 is 6.21. The molecule has 2 heterocycles. The van der Waals surface area contributed by atoms with Gasteiger partial charge in [-0.3, -0.25) is 0 Å². The number of anilines is 2. The number of rotatable bonds is 3. The summed E-state index contributed by atoms with van der Waals surface area (Å²) in [7, 11) is 0. The van der Waals surface area contributed by atoms with Crippen molar-refractivity contribution in [3.63, 3.8) is 0 Å². The molecule has 2 N–H and O–H groups in total. The van der Waals surface area contributed by atoms with Crippen molar-refractivity contribution in [1.82, 2.24) is 10.3 Å². The maximum Gasteiger partial charge on any atom is 0.319 e. The van der Waals surface area contributed by atoms with Gasteiger partial charge in [0.15, 0.2) is 0 Å². The van der Waals surface area contributed by atoms with E-state index < -0.39 is 0 Å². The van der Waals surface area contributed by atoms with Gasteiger partial charge in [0.1, 0.15) is 5.82 Å². The van der Waals surface area contributed by atoms with E-state index in [-0.39, 0.29) is 6.03 Å². The molecule has 1 aromatic heterocycles. The largest absolute Gasteiger partial charge is 0.378 e. The lowest BCUT2D eigenvalue weighted by Gasteiger charge is -2.28. The summed E-state index contributed by atoms with van der Waals surface area (Å²) in [5.74, 6) is 0.890. The first kappa shape index (κ1) is 13.6. The lowest BCUT2D eigenvalue weighted by Crippen LogP contribution is -2.37. The first-order valence-corrected chi connectivity index (χ1v) is 7.57. The van der Waals surface area contributed by atoms with Crippen molar-refractivity contribution in [1.29, 1.82) is 0 Å². The summed E-state index contributed by atoms with van der Waals surface area (Å²) in [6.07, 6.45) is 3.83. The van der Waals surface area contributed by atoms with Crippen molar-refractivity contribution in [3.05, 3.63) is 16.7 Å². The number of halogens is 1. The Labute approximate surface area is 126 Å². The Bertz CT molecular complexity index is 501. The maximum absolute atomic E-state index is 11.7. The molecule has 2 aliphatic rings. The summed E-state index contributed by atoms with van der Waals surface area (Å²) in [4.78, 5) is 18.3. The fourth-order valence-corrected chi connectivity index (χ4v) is 2.69. The highest BCUT2D eigenvalue weighted by Gasteiger charge is 2.23. The van der Waals surface area contributed by atoms with Crippen molar-refractivity contribution >= 4 is 33.5 Å². The topological polar surface area (TPSA) is 66.5 Å². The van der Waals surface area contributed by atoms with Crippen LogP contribution >= 0.6 is 15.9 Å². The maximum atomic E-state index is 11.7. The average Bonchev–Trinajstić information content (AvgIpc) is 3.23. The van der Waals surface area contributed by atoms with Gasteiger partial charge in [-0.25, -0.2) is 9.78 Å². The van der Waals surface area contributed by atoms with Crippen molar-refractivity contribution in [2.24, 2.45) is 0 Å². The molecule has 20 heavy (non-hydrogen) atoms. The molecule has 2 amide bonds. The second kappa shape index (κ2) is 5.97. The number of morpholine rings is 1. The van der Waals surface area contributed by atoms with Crippen LogP contribution in [0, 0.1) is 0 Å². The molecule has 3 rings (SSSR count). The molecule has 0 atom stereocenters. The van der Waals surface area contributed by atoms with E-state index >= 15 is 0 Å². The van der Waals surface area contributed by atoms with Crippen molar-refractivity contribution in [3.8, 4) is 0 Å². The molecule has 6 nitrogen and oxygen atoms in total. The highest BCUT2D eigenvalue weighted by atomic mass is 79.9. The molecule has 2 fully saturated rings. The molecule has 0 bridgehead atoms. The lowest BCUT2D eigenvalue weighted by atomic mass is 10.3. The SMILES string of the molecule is O=C(Nc1cnc(N2CCOCC2)c(Br)c1)NC1CC1. The zero-order valence-electron chi connectivity index (χ0n) is 11.1. The number of hydrogen-bond donors (Lipinski definition) is 2. The highest BCUT2D eigenvalue weighted by molar-refractivity contribution is 9.10. The smallest absolute Gasteiger partial charge is 0.319 e. The molecule has 0 aromatic carbocycles. The quantitative estimate of drug-likeness (QED) is 0.882. The number of pyridine rings is 1. The van der Waals surface area contributed by atoms with Crippen LogP contribution in [0.25, 0.3) is 0 Å². The first-order valence-electron chi connectivity index (χ1n) is 6.78. The van der Waals surface area contributed by atoms with E-state index in [4.69, 9.17) is 4.74 Å². The zero-order chi connectivity index (χ0) is 13.9. The Balaban J connectivity index is 1.64. The van der Waals surface area contributed by atoms with Gasteiger partial charge in [-0.05, 0) is 34.8 Å². The number of carbonyl (C=O) groups excluding carboxylic acids is 1. The van der Waals surface area contributed by atoms with Gasteiger partial charge in [-0.2, -0.15) is 0 Å². The van der Waals surface area contributed by atoms with E-state index in [1.165, 1.54) is 0 Å². The number of ether oxygens (including phenoxy) is 1.